The van der Waals surface area contributed by atoms with Gasteiger partial charge in [0.15, 0.2) is 6.61 Å². The number of nitrogens with two attached hydrogens (primary N) is 1. The van der Waals surface area contributed by atoms with Crippen LogP contribution in [-0.4, -0.2) is 36.7 Å². The molecular formula is C14H20ClN3O3. The van der Waals surface area contributed by atoms with E-state index < -0.39 is 0 Å². The topological polar surface area (TPSA) is 77.7 Å². The summed E-state index contributed by atoms with van der Waals surface area (Å²) in [6.45, 7) is 0.0505. The van der Waals surface area contributed by atoms with E-state index in [2.05, 4.69) is 4.98 Å². The zero-order valence-electron chi connectivity index (χ0n) is 11.9. The van der Waals surface area contributed by atoms with E-state index in [1.54, 1.807) is 13.3 Å². The van der Waals surface area contributed by atoms with Gasteiger partial charge in [0.1, 0.15) is 11.4 Å². The molecule has 7 heteroatoms. The number of nitrogens with zero attached hydrogens (tertiary/aromatic N) is 2. The minimum atomic E-state index is -0.0203. The van der Waals surface area contributed by atoms with Gasteiger partial charge in [0.2, 0.25) is 5.88 Å². The standard InChI is InChI=1S/C14H19N3O3.ClH/c1-19-11-6-12-14(16-7-11)20-8-13(18)17(12)10-4-2-9(15)3-5-10;/h6-7,9-10H,2-5,8,15H2,1H3;1H/t9-,10-;. The lowest BCUT2D eigenvalue weighted by Crippen LogP contribution is -2.48. The molecule has 1 aromatic rings. The van der Waals surface area contributed by atoms with Crippen LogP contribution in [0.1, 0.15) is 25.7 Å². The molecule has 2 heterocycles. The van der Waals surface area contributed by atoms with E-state index in [9.17, 15) is 4.79 Å². The molecule has 116 valence electrons. The lowest BCUT2D eigenvalue weighted by molar-refractivity contribution is -0.122. The summed E-state index contributed by atoms with van der Waals surface area (Å²) in [6.07, 6.45) is 5.33. The van der Waals surface area contributed by atoms with Gasteiger partial charge in [-0.2, -0.15) is 0 Å². The summed E-state index contributed by atoms with van der Waals surface area (Å²) in [5.74, 6) is 1.10. The molecule has 1 aliphatic heterocycles. The smallest absolute Gasteiger partial charge is 0.265 e. The van der Waals surface area contributed by atoms with Crippen molar-refractivity contribution in [3.05, 3.63) is 12.3 Å². The van der Waals surface area contributed by atoms with E-state index in [-0.39, 0.29) is 37.0 Å². The molecule has 2 aliphatic rings. The lowest BCUT2D eigenvalue weighted by atomic mass is 9.90. The first kappa shape index (κ1) is 15.9. The molecule has 0 unspecified atom stereocenters. The third kappa shape index (κ3) is 3.06. The number of ether oxygens (including phenoxy) is 2. The van der Waals surface area contributed by atoms with Crippen molar-refractivity contribution >= 4 is 24.0 Å². The first-order chi connectivity index (χ1) is 9.69. The molecule has 1 aromatic heterocycles. The molecule has 0 bridgehead atoms. The van der Waals surface area contributed by atoms with Crippen molar-refractivity contribution < 1.29 is 14.3 Å². The molecule has 1 amide bonds. The van der Waals surface area contributed by atoms with Gasteiger partial charge in [-0.05, 0) is 25.7 Å². The molecule has 0 aromatic carbocycles. The van der Waals surface area contributed by atoms with Gasteiger partial charge in [-0.1, -0.05) is 0 Å². The highest BCUT2D eigenvalue weighted by molar-refractivity contribution is 5.98. The largest absolute Gasteiger partial charge is 0.495 e. The van der Waals surface area contributed by atoms with Crippen LogP contribution in [0.25, 0.3) is 0 Å². The number of amides is 1. The fourth-order valence-electron chi connectivity index (χ4n) is 2.91. The maximum Gasteiger partial charge on any atom is 0.265 e. The zero-order chi connectivity index (χ0) is 14.1. The maximum atomic E-state index is 12.2. The third-order valence-electron chi connectivity index (χ3n) is 4.01. The summed E-state index contributed by atoms with van der Waals surface area (Å²) < 4.78 is 10.6. The van der Waals surface area contributed by atoms with Gasteiger partial charge in [-0.15, -0.1) is 12.4 Å². The second kappa shape index (κ2) is 6.49. The Hall–Kier alpha value is -1.53. The van der Waals surface area contributed by atoms with E-state index in [0.29, 0.717) is 17.3 Å². The van der Waals surface area contributed by atoms with E-state index in [1.807, 2.05) is 11.0 Å². The van der Waals surface area contributed by atoms with Crippen LogP contribution >= 0.6 is 12.4 Å². The number of rotatable bonds is 2. The van der Waals surface area contributed by atoms with Crippen molar-refractivity contribution in [1.82, 2.24) is 4.98 Å². The molecule has 0 radical (unpaired) electrons. The average molecular weight is 314 g/mol. The van der Waals surface area contributed by atoms with Crippen molar-refractivity contribution in [1.29, 1.82) is 0 Å². The average Bonchev–Trinajstić information content (AvgIpc) is 2.48. The summed E-state index contributed by atoms with van der Waals surface area (Å²) in [5, 5.41) is 0. The molecule has 0 atom stereocenters. The van der Waals surface area contributed by atoms with Crippen LogP contribution in [-0.2, 0) is 4.79 Å². The van der Waals surface area contributed by atoms with Gasteiger partial charge in [0.25, 0.3) is 5.91 Å². The lowest BCUT2D eigenvalue weighted by Gasteiger charge is -2.38. The zero-order valence-corrected chi connectivity index (χ0v) is 12.8. The minimum absolute atomic E-state index is 0. The molecule has 1 fully saturated rings. The number of anilines is 1. The number of halogens is 1. The van der Waals surface area contributed by atoms with Gasteiger partial charge in [0.05, 0.1) is 13.3 Å². The number of hydrogen-bond donors (Lipinski definition) is 1. The summed E-state index contributed by atoms with van der Waals surface area (Å²) in [6, 6.07) is 2.25. The van der Waals surface area contributed by atoms with Crippen LogP contribution in [0, 0.1) is 0 Å². The SMILES string of the molecule is COc1cnc2c(c1)N([C@H]1CC[C@H](N)CC1)C(=O)CO2.Cl. The molecule has 2 N–H and O–H groups in total. The van der Waals surface area contributed by atoms with Gasteiger partial charge in [-0.25, -0.2) is 4.98 Å². The molecule has 0 spiro atoms. The Balaban J connectivity index is 0.00000161. The molecule has 1 aliphatic carbocycles. The highest BCUT2D eigenvalue weighted by Gasteiger charge is 2.34. The second-order valence-corrected chi connectivity index (χ2v) is 5.32. The van der Waals surface area contributed by atoms with Crippen molar-refractivity contribution in [2.24, 2.45) is 5.73 Å². The van der Waals surface area contributed by atoms with Gasteiger partial charge >= 0.3 is 0 Å². The Morgan fingerprint density at radius 3 is 2.76 bits per heavy atom. The number of carbonyl (C=O) groups excluding carboxylic acids is 1. The molecular weight excluding hydrogens is 294 g/mol. The number of aromatic nitrogens is 1. The first-order valence-electron chi connectivity index (χ1n) is 6.93. The summed E-state index contributed by atoms with van der Waals surface area (Å²) in [4.78, 5) is 18.3. The highest BCUT2D eigenvalue weighted by atomic mass is 35.5. The fraction of sp³-hybridized carbons (Fsp3) is 0.571. The summed E-state index contributed by atoms with van der Waals surface area (Å²) in [5.41, 5.74) is 6.65. The number of hydrogen-bond acceptors (Lipinski definition) is 5. The Morgan fingerprint density at radius 1 is 1.38 bits per heavy atom. The van der Waals surface area contributed by atoms with E-state index in [4.69, 9.17) is 15.2 Å². The third-order valence-corrected chi connectivity index (χ3v) is 4.01. The van der Waals surface area contributed by atoms with Gasteiger partial charge in [-0.3, -0.25) is 4.79 Å². The van der Waals surface area contributed by atoms with Crippen LogP contribution in [0.4, 0.5) is 5.69 Å². The highest BCUT2D eigenvalue weighted by Crippen LogP contribution is 2.37. The van der Waals surface area contributed by atoms with Crippen LogP contribution in [0.5, 0.6) is 11.6 Å². The maximum absolute atomic E-state index is 12.2. The van der Waals surface area contributed by atoms with Crippen LogP contribution in [0.2, 0.25) is 0 Å². The predicted octanol–water partition coefficient (Wildman–Crippen LogP) is 1.51. The van der Waals surface area contributed by atoms with Gasteiger partial charge < -0.3 is 20.1 Å². The number of carbonyl (C=O) groups is 1. The van der Waals surface area contributed by atoms with Crippen molar-refractivity contribution in [2.75, 3.05) is 18.6 Å². The van der Waals surface area contributed by atoms with Crippen molar-refractivity contribution in [3.8, 4) is 11.6 Å². The number of fused-ring (bicyclic) bond motifs is 1. The molecule has 21 heavy (non-hydrogen) atoms. The van der Waals surface area contributed by atoms with E-state index >= 15 is 0 Å². The van der Waals surface area contributed by atoms with E-state index in [0.717, 1.165) is 25.7 Å². The van der Waals surface area contributed by atoms with Crippen molar-refractivity contribution in [3.63, 3.8) is 0 Å². The Morgan fingerprint density at radius 2 is 2.10 bits per heavy atom. The summed E-state index contributed by atoms with van der Waals surface area (Å²) >= 11 is 0. The van der Waals surface area contributed by atoms with Crippen LogP contribution in [0.15, 0.2) is 12.3 Å². The minimum Gasteiger partial charge on any atom is -0.495 e. The molecule has 0 saturated heterocycles. The Bertz CT molecular complexity index is 518. The van der Waals surface area contributed by atoms with E-state index in [1.165, 1.54) is 0 Å². The number of pyridine rings is 1. The quantitative estimate of drug-likeness (QED) is 0.895. The van der Waals surface area contributed by atoms with Crippen LogP contribution in [0.3, 0.4) is 0 Å². The molecule has 1 saturated carbocycles. The van der Waals surface area contributed by atoms with Crippen molar-refractivity contribution in [2.45, 2.75) is 37.8 Å². The monoisotopic (exact) mass is 313 g/mol. The fourth-order valence-corrected chi connectivity index (χ4v) is 2.91. The normalized spacial score (nSPS) is 24.7. The Labute approximate surface area is 130 Å². The van der Waals surface area contributed by atoms with Crippen LogP contribution < -0.4 is 20.1 Å². The summed E-state index contributed by atoms with van der Waals surface area (Å²) in [7, 11) is 1.58. The Kier molecular flexibility index (Phi) is 4.90. The predicted molar refractivity (Wildman–Crippen MR) is 81.2 cm³/mol. The van der Waals surface area contributed by atoms with Gasteiger partial charge in [0, 0.05) is 18.2 Å². The second-order valence-electron chi connectivity index (χ2n) is 5.32. The first-order valence-corrected chi connectivity index (χ1v) is 6.93. The molecule has 6 nitrogen and oxygen atoms in total. The molecule has 3 rings (SSSR count). The number of methoxy groups -OCH3 is 1.